The van der Waals surface area contributed by atoms with Gasteiger partial charge in [-0.25, -0.2) is 4.79 Å². The molecular formula is C10H10BrNO3. The molecule has 0 aromatic heterocycles. The van der Waals surface area contributed by atoms with Gasteiger partial charge in [-0.15, -0.1) is 0 Å². The fraction of sp³-hybridized carbons (Fsp3) is 0.200. The van der Waals surface area contributed by atoms with Crippen molar-refractivity contribution in [1.82, 2.24) is 0 Å². The Balaban J connectivity index is 2.94. The predicted octanol–water partition coefficient (Wildman–Crippen LogP) is 2.19. The van der Waals surface area contributed by atoms with Gasteiger partial charge in [0.2, 0.25) is 0 Å². The molecule has 0 spiro atoms. The average molecular weight is 272 g/mol. The maximum Gasteiger partial charge on any atom is 0.361 e. The van der Waals surface area contributed by atoms with Crippen LogP contribution in [0.4, 0.5) is 0 Å². The maximum atomic E-state index is 11.3. The summed E-state index contributed by atoms with van der Waals surface area (Å²) in [5.74, 6) is -0.637. The third kappa shape index (κ3) is 3.06. The Morgan fingerprint density at radius 3 is 2.53 bits per heavy atom. The SMILES string of the molecule is CCOC(=O)/C(=N\O)c1ccc(Br)cc1. The van der Waals surface area contributed by atoms with Gasteiger partial charge in [0, 0.05) is 10.0 Å². The van der Waals surface area contributed by atoms with Gasteiger partial charge in [-0.05, 0) is 19.1 Å². The first-order valence-electron chi connectivity index (χ1n) is 4.34. The zero-order valence-electron chi connectivity index (χ0n) is 8.11. The van der Waals surface area contributed by atoms with Crippen molar-refractivity contribution >= 4 is 27.6 Å². The van der Waals surface area contributed by atoms with Gasteiger partial charge >= 0.3 is 5.97 Å². The molecule has 0 heterocycles. The van der Waals surface area contributed by atoms with Crippen molar-refractivity contribution in [3.05, 3.63) is 34.3 Å². The minimum atomic E-state index is -0.637. The summed E-state index contributed by atoms with van der Waals surface area (Å²) in [4.78, 5) is 11.3. The van der Waals surface area contributed by atoms with Crippen molar-refractivity contribution in [3.63, 3.8) is 0 Å². The number of ether oxygens (including phenoxy) is 1. The van der Waals surface area contributed by atoms with Gasteiger partial charge in [0.25, 0.3) is 0 Å². The second-order valence-corrected chi connectivity index (χ2v) is 3.59. The van der Waals surface area contributed by atoms with E-state index in [0.29, 0.717) is 5.56 Å². The Hall–Kier alpha value is -1.36. The summed E-state index contributed by atoms with van der Waals surface area (Å²) in [7, 11) is 0. The van der Waals surface area contributed by atoms with E-state index in [2.05, 4.69) is 21.1 Å². The van der Waals surface area contributed by atoms with Gasteiger partial charge in [-0.3, -0.25) is 0 Å². The van der Waals surface area contributed by atoms with Crippen molar-refractivity contribution in [2.75, 3.05) is 6.61 Å². The predicted molar refractivity (Wildman–Crippen MR) is 59.1 cm³/mol. The lowest BCUT2D eigenvalue weighted by molar-refractivity contribution is -0.135. The molecule has 0 saturated heterocycles. The van der Waals surface area contributed by atoms with E-state index in [1.165, 1.54) is 0 Å². The highest BCUT2D eigenvalue weighted by Gasteiger charge is 2.15. The van der Waals surface area contributed by atoms with Crippen LogP contribution in [0.15, 0.2) is 33.9 Å². The first-order chi connectivity index (χ1) is 7.19. The second kappa shape index (κ2) is 5.50. The van der Waals surface area contributed by atoms with Crippen LogP contribution in [0, 0.1) is 0 Å². The van der Waals surface area contributed by atoms with Crippen molar-refractivity contribution in [3.8, 4) is 0 Å². The number of hydrogen-bond acceptors (Lipinski definition) is 4. The molecule has 0 saturated carbocycles. The first-order valence-corrected chi connectivity index (χ1v) is 5.13. The number of benzene rings is 1. The molecule has 5 heteroatoms. The Morgan fingerprint density at radius 2 is 2.07 bits per heavy atom. The van der Waals surface area contributed by atoms with E-state index in [4.69, 9.17) is 9.94 Å². The molecule has 0 radical (unpaired) electrons. The zero-order chi connectivity index (χ0) is 11.3. The Bertz CT molecular complexity index is 373. The number of hydrogen-bond donors (Lipinski definition) is 1. The van der Waals surface area contributed by atoms with E-state index in [1.807, 2.05) is 0 Å². The van der Waals surface area contributed by atoms with Crippen LogP contribution in [0.2, 0.25) is 0 Å². The largest absolute Gasteiger partial charge is 0.461 e. The van der Waals surface area contributed by atoms with Crippen LogP contribution in [0.3, 0.4) is 0 Å². The molecule has 0 fully saturated rings. The summed E-state index contributed by atoms with van der Waals surface area (Å²) in [6.45, 7) is 1.93. The molecule has 4 nitrogen and oxygen atoms in total. The highest BCUT2D eigenvalue weighted by molar-refractivity contribution is 9.10. The number of carbonyl (C=O) groups excluding carboxylic acids is 1. The molecule has 1 aromatic carbocycles. The van der Waals surface area contributed by atoms with E-state index >= 15 is 0 Å². The molecule has 1 N–H and O–H groups in total. The molecule has 0 unspecified atom stereocenters. The monoisotopic (exact) mass is 271 g/mol. The van der Waals surface area contributed by atoms with E-state index in [0.717, 1.165) is 4.47 Å². The smallest absolute Gasteiger partial charge is 0.361 e. The fourth-order valence-corrected chi connectivity index (χ4v) is 1.29. The summed E-state index contributed by atoms with van der Waals surface area (Å²) in [6, 6.07) is 6.82. The lowest BCUT2D eigenvalue weighted by Gasteiger charge is -2.03. The van der Waals surface area contributed by atoms with E-state index in [1.54, 1.807) is 31.2 Å². The molecule has 0 aliphatic rings. The topological polar surface area (TPSA) is 58.9 Å². The van der Waals surface area contributed by atoms with Crippen molar-refractivity contribution in [2.24, 2.45) is 5.16 Å². The van der Waals surface area contributed by atoms with Gasteiger partial charge in [0.1, 0.15) is 0 Å². The van der Waals surface area contributed by atoms with Gasteiger partial charge < -0.3 is 9.94 Å². The van der Waals surface area contributed by atoms with E-state index < -0.39 is 5.97 Å². The van der Waals surface area contributed by atoms with Crippen LogP contribution in [0.25, 0.3) is 0 Å². The number of esters is 1. The minimum Gasteiger partial charge on any atom is -0.461 e. The number of oxime groups is 1. The number of rotatable bonds is 3. The van der Waals surface area contributed by atoms with Gasteiger partial charge in [0.15, 0.2) is 5.71 Å². The Morgan fingerprint density at radius 1 is 1.47 bits per heavy atom. The molecule has 80 valence electrons. The lowest BCUT2D eigenvalue weighted by atomic mass is 10.1. The van der Waals surface area contributed by atoms with Gasteiger partial charge in [-0.1, -0.05) is 33.2 Å². The molecule has 15 heavy (non-hydrogen) atoms. The summed E-state index contributed by atoms with van der Waals surface area (Å²) >= 11 is 3.27. The molecular weight excluding hydrogens is 262 g/mol. The van der Waals surface area contributed by atoms with Crippen molar-refractivity contribution in [2.45, 2.75) is 6.92 Å². The quantitative estimate of drug-likeness (QED) is 0.397. The average Bonchev–Trinajstić information content (AvgIpc) is 2.22. The molecule has 1 rings (SSSR count). The second-order valence-electron chi connectivity index (χ2n) is 2.68. The Kier molecular flexibility index (Phi) is 4.30. The van der Waals surface area contributed by atoms with Crippen LogP contribution in [-0.2, 0) is 9.53 Å². The molecule has 1 aromatic rings. The van der Waals surface area contributed by atoms with Crippen LogP contribution < -0.4 is 0 Å². The molecule has 0 amide bonds. The minimum absolute atomic E-state index is 0.0932. The highest BCUT2D eigenvalue weighted by atomic mass is 79.9. The normalized spacial score (nSPS) is 11.2. The Labute approximate surface area is 95.7 Å². The first kappa shape index (κ1) is 11.7. The van der Waals surface area contributed by atoms with Crippen molar-refractivity contribution in [1.29, 1.82) is 0 Å². The van der Waals surface area contributed by atoms with Crippen LogP contribution in [0.1, 0.15) is 12.5 Å². The fourth-order valence-electron chi connectivity index (χ4n) is 1.02. The molecule has 0 aliphatic heterocycles. The third-order valence-corrected chi connectivity index (χ3v) is 2.22. The van der Waals surface area contributed by atoms with Crippen LogP contribution >= 0.6 is 15.9 Å². The summed E-state index contributed by atoms with van der Waals surface area (Å²) in [6.07, 6.45) is 0. The third-order valence-electron chi connectivity index (χ3n) is 1.69. The van der Waals surface area contributed by atoms with E-state index in [9.17, 15) is 4.79 Å². The maximum absolute atomic E-state index is 11.3. The van der Waals surface area contributed by atoms with Gasteiger partial charge in [-0.2, -0.15) is 0 Å². The number of halogens is 1. The van der Waals surface area contributed by atoms with Crippen molar-refractivity contribution < 1.29 is 14.7 Å². The van der Waals surface area contributed by atoms with E-state index in [-0.39, 0.29) is 12.3 Å². The molecule has 0 bridgehead atoms. The molecule has 0 aliphatic carbocycles. The van der Waals surface area contributed by atoms with Crippen LogP contribution in [0.5, 0.6) is 0 Å². The highest BCUT2D eigenvalue weighted by Crippen LogP contribution is 2.11. The number of nitrogens with zero attached hydrogens (tertiary/aromatic N) is 1. The zero-order valence-corrected chi connectivity index (χ0v) is 9.69. The lowest BCUT2D eigenvalue weighted by Crippen LogP contribution is -2.18. The summed E-state index contributed by atoms with van der Waals surface area (Å²) in [5, 5.41) is 11.7. The molecule has 0 atom stereocenters. The number of carbonyl (C=O) groups is 1. The standard InChI is InChI=1S/C10H10BrNO3/c1-2-15-10(13)9(12-14)7-3-5-8(11)6-4-7/h3-6,14H,2H2,1H3/b12-9-. The van der Waals surface area contributed by atoms with Crippen LogP contribution in [-0.4, -0.2) is 23.5 Å². The van der Waals surface area contributed by atoms with Gasteiger partial charge in [0.05, 0.1) is 6.61 Å². The summed E-state index contributed by atoms with van der Waals surface area (Å²) < 4.78 is 5.62. The summed E-state index contributed by atoms with van der Waals surface area (Å²) in [5.41, 5.74) is 0.420.